The van der Waals surface area contributed by atoms with Gasteiger partial charge >= 0.3 is 0 Å². The number of furan rings is 1. The highest BCUT2D eigenvalue weighted by atomic mass is 16.3. The van der Waals surface area contributed by atoms with Gasteiger partial charge in [-0.15, -0.1) is 0 Å². The van der Waals surface area contributed by atoms with E-state index >= 15 is 0 Å². The summed E-state index contributed by atoms with van der Waals surface area (Å²) in [6.07, 6.45) is 0. The van der Waals surface area contributed by atoms with Gasteiger partial charge in [0, 0.05) is 21.5 Å². The van der Waals surface area contributed by atoms with Crippen LogP contribution in [0.25, 0.3) is 88.2 Å². The van der Waals surface area contributed by atoms with E-state index in [2.05, 4.69) is 124 Å². The molecule has 0 atom stereocenters. The zero-order chi connectivity index (χ0) is 28.1. The molecule has 0 aliphatic carbocycles. The van der Waals surface area contributed by atoms with Crippen molar-refractivity contribution >= 4 is 77.1 Å². The molecule has 6 aromatic carbocycles. The van der Waals surface area contributed by atoms with Crippen molar-refractivity contribution in [2.45, 2.75) is 0 Å². The van der Waals surface area contributed by atoms with E-state index in [-0.39, 0.29) is 0 Å². The van der Waals surface area contributed by atoms with Gasteiger partial charge in [-0.2, -0.15) is 0 Å². The number of benzene rings is 6. The minimum atomic E-state index is 0.821. The molecule has 0 bridgehead atoms. The highest BCUT2D eigenvalue weighted by Gasteiger charge is 2.17. The Hall–Kier alpha value is -5.94. The molecule has 5 nitrogen and oxygen atoms in total. The van der Waals surface area contributed by atoms with Gasteiger partial charge in [0.2, 0.25) is 0 Å². The first kappa shape index (κ1) is 22.7. The van der Waals surface area contributed by atoms with Crippen molar-refractivity contribution in [2.24, 2.45) is 0 Å². The maximum absolute atomic E-state index is 6.09. The maximum atomic E-state index is 6.09. The molecule has 4 aromatic heterocycles. The average Bonchev–Trinajstić information content (AvgIpc) is 3.74. The monoisotopic (exact) mass is 550 g/mol. The van der Waals surface area contributed by atoms with Crippen LogP contribution in [0.3, 0.4) is 0 Å². The lowest BCUT2D eigenvalue weighted by molar-refractivity contribution is 0.669. The standard InChI is InChI=1S/C38H22N4O/c1-5-13-31-25(9-1)26-10-2-6-14-32(26)42-34-19-17-24(23-18-20-36-28(21-23)27-11-3-8-16-35(27)43-36)22-30(34)40-38(42)37-39-29-12-4-7-15-33(29)41(31)37/h1-22H. The molecule has 0 fully saturated rings. The Bertz CT molecular complexity index is 2800. The van der Waals surface area contributed by atoms with Crippen molar-refractivity contribution in [3.63, 3.8) is 0 Å². The third kappa shape index (κ3) is 3.11. The fraction of sp³-hybridized carbons (Fsp3) is 0. The van der Waals surface area contributed by atoms with Crippen LogP contribution in [0.1, 0.15) is 0 Å². The SMILES string of the molecule is c1ccc2c(c1)nc1c3nc4cc(-c5ccc6oc7ccccc7c6c5)ccc4n3c3ccccc3c3ccccc3n21. The summed E-state index contributed by atoms with van der Waals surface area (Å²) in [6.45, 7) is 0. The summed E-state index contributed by atoms with van der Waals surface area (Å²) < 4.78 is 10.6. The second kappa shape index (κ2) is 8.30. The van der Waals surface area contributed by atoms with Gasteiger partial charge in [-0.3, -0.25) is 8.80 Å². The number of hydrogen-bond donors (Lipinski definition) is 0. The molecular weight excluding hydrogens is 528 g/mol. The van der Waals surface area contributed by atoms with Gasteiger partial charge in [0.25, 0.3) is 0 Å². The van der Waals surface area contributed by atoms with Gasteiger partial charge in [-0.05, 0) is 65.7 Å². The first-order chi connectivity index (χ1) is 21.3. The lowest BCUT2D eigenvalue weighted by Crippen LogP contribution is -1.94. The van der Waals surface area contributed by atoms with E-state index in [0.29, 0.717) is 0 Å². The quantitative estimate of drug-likeness (QED) is 0.204. The van der Waals surface area contributed by atoms with Crippen LogP contribution in [0.5, 0.6) is 0 Å². The predicted octanol–water partition coefficient (Wildman–Crippen LogP) is 9.72. The molecular formula is C38H22N4O. The van der Waals surface area contributed by atoms with Gasteiger partial charge < -0.3 is 4.42 Å². The maximum Gasteiger partial charge on any atom is 0.182 e. The molecule has 0 radical (unpaired) electrons. The van der Waals surface area contributed by atoms with Crippen LogP contribution in [0, 0.1) is 0 Å². The zero-order valence-electron chi connectivity index (χ0n) is 22.9. The molecule has 0 unspecified atom stereocenters. The van der Waals surface area contributed by atoms with Gasteiger partial charge in [-0.25, -0.2) is 9.97 Å². The van der Waals surface area contributed by atoms with Crippen LogP contribution in [0.15, 0.2) is 138 Å². The molecule has 0 N–H and O–H groups in total. The third-order valence-electron chi connectivity index (χ3n) is 8.71. The summed E-state index contributed by atoms with van der Waals surface area (Å²) >= 11 is 0. The molecule has 0 saturated carbocycles. The molecule has 10 rings (SSSR count). The van der Waals surface area contributed by atoms with Crippen LogP contribution in [-0.2, 0) is 0 Å². The molecule has 5 heteroatoms. The van der Waals surface area contributed by atoms with Crippen LogP contribution in [0.2, 0.25) is 0 Å². The Morgan fingerprint density at radius 1 is 0.395 bits per heavy atom. The summed E-state index contributed by atoms with van der Waals surface area (Å²) in [5.41, 5.74) is 11.8. The second-order valence-corrected chi connectivity index (χ2v) is 11.1. The number of imidazole rings is 2. The number of para-hydroxylation sites is 5. The highest BCUT2D eigenvalue weighted by molar-refractivity contribution is 6.09. The summed E-state index contributed by atoms with van der Waals surface area (Å²) in [5.74, 6) is 0. The first-order valence-electron chi connectivity index (χ1n) is 14.4. The predicted molar refractivity (Wildman–Crippen MR) is 175 cm³/mol. The van der Waals surface area contributed by atoms with E-state index in [1.54, 1.807) is 0 Å². The third-order valence-corrected chi connectivity index (χ3v) is 8.71. The Kier molecular flexibility index (Phi) is 4.39. The second-order valence-electron chi connectivity index (χ2n) is 11.1. The molecule has 43 heavy (non-hydrogen) atoms. The number of aromatic nitrogens is 4. The molecule has 0 spiro atoms. The lowest BCUT2D eigenvalue weighted by atomic mass is 10.0. The van der Waals surface area contributed by atoms with Gasteiger partial charge in [0.1, 0.15) is 11.2 Å². The fourth-order valence-corrected chi connectivity index (χ4v) is 6.77. The zero-order valence-corrected chi connectivity index (χ0v) is 22.9. The molecule has 10 aromatic rings. The topological polar surface area (TPSA) is 47.7 Å². The van der Waals surface area contributed by atoms with E-state index in [1.165, 1.54) is 0 Å². The normalized spacial score (nSPS) is 12.2. The van der Waals surface area contributed by atoms with Crippen LogP contribution in [0.4, 0.5) is 0 Å². The Balaban J connectivity index is 1.36. The number of nitrogens with zero attached hydrogens (tertiary/aromatic N) is 4. The van der Waals surface area contributed by atoms with Crippen molar-refractivity contribution in [1.82, 2.24) is 18.8 Å². The number of fused-ring (bicyclic) bond motifs is 15. The van der Waals surface area contributed by atoms with Crippen molar-refractivity contribution in [1.29, 1.82) is 0 Å². The molecule has 0 aliphatic heterocycles. The van der Waals surface area contributed by atoms with Crippen LogP contribution in [-0.4, -0.2) is 18.8 Å². The van der Waals surface area contributed by atoms with E-state index in [4.69, 9.17) is 14.4 Å². The smallest absolute Gasteiger partial charge is 0.182 e. The summed E-state index contributed by atoms with van der Waals surface area (Å²) in [5, 5.41) is 4.56. The summed E-state index contributed by atoms with van der Waals surface area (Å²) in [6, 6.07) is 46.7. The molecule has 0 aliphatic rings. The average molecular weight is 551 g/mol. The van der Waals surface area contributed by atoms with Crippen molar-refractivity contribution < 1.29 is 4.42 Å². The Labute approximate surface area is 244 Å². The van der Waals surface area contributed by atoms with Crippen LogP contribution < -0.4 is 0 Å². The van der Waals surface area contributed by atoms with E-state index in [1.807, 2.05) is 18.2 Å². The molecule has 0 amide bonds. The Morgan fingerprint density at radius 3 is 1.70 bits per heavy atom. The lowest BCUT2D eigenvalue weighted by Gasteiger charge is -2.08. The summed E-state index contributed by atoms with van der Waals surface area (Å²) in [4.78, 5) is 10.5. The van der Waals surface area contributed by atoms with Gasteiger partial charge in [-0.1, -0.05) is 78.9 Å². The first-order valence-corrected chi connectivity index (χ1v) is 14.4. The van der Waals surface area contributed by atoms with E-state index < -0.39 is 0 Å². The van der Waals surface area contributed by atoms with Crippen molar-refractivity contribution in [3.8, 4) is 11.1 Å². The summed E-state index contributed by atoms with van der Waals surface area (Å²) in [7, 11) is 0. The van der Waals surface area contributed by atoms with Crippen molar-refractivity contribution in [2.75, 3.05) is 0 Å². The van der Waals surface area contributed by atoms with Gasteiger partial charge in [0.05, 0.1) is 33.1 Å². The Morgan fingerprint density at radius 2 is 0.930 bits per heavy atom. The van der Waals surface area contributed by atoms with E-state index in [0.717, 1.165) is 88.2 Å². The molecule has 200 valence electrons. The number of hydrogen-bond acceptors (Lipinski definition) is 3. The minimum absolute atomic E-state index is 0.821. The van der Waals surface area contributed by atoms with Crippen molar-refractivity contribution in [3.05, 3.63) is 133 Å². The van der Waals surface area contributed by atoms with Crippen LogP contribution >= 0.6 is 0 Å². The van der Waals surface area contributed by atoms with E-state index in [9.17, 15) is 0 Å². The largest absolute Gasteiger partial charge is 0.456 e. The number of rotatable bonds is 1. The molecule has 4 heterocycles. The van der Waals surface area contributed by atoms with Gasteiger partial charge in [0.15, 0.2) is 11.3 Å². The fourth-order valence-electron chi connectivity index (χ4n) is 6.77. The molecule has 0 saturated heterocycles. The highest BCUT2D eigenvalue weighted by Crippen LogP contribution is 2.35. The minimum Gasteiger partial charge on any atom is -0.456 e.